The van der Waals surface area contributed by atoms with E-state index in [-0.39, 0.29) is 5.91 Å². The number of fused-ring (bicyclic) bond motifs is 1. The highest BCUT2D eigenvalue weighted by atomic mass is 79.9. The highest BCUT2D eigenvalue weighted by molar-refractivity contribution is 9.10. The molecule has 1 unspecified atom stereocenters. The van der Waals surface area contributed by atoms with E-state index in [1.54, 1.807) is 0 Å². The summed E-state index contributed by atoms with van der Waals surface area (Å²) >= 11 is 3.57. The van der Waals surface area contributed by atoms with E-state index in [4.69, 9.17) is 4.74 Å². The largest absolute Gasteiger partial charge is 0.379 e. The van der Waals surface area contributed by atoms with Gasteiger partial charge in [0.1, 0.15) is 0 Å². The van der Waals surface area contributed by atoms with Crippen LogP contribution in [-0.2, 0) is 16.0 Å². The summed E-state index contributed by atoms with van der Waals surface area (Å²) in [6, 6.07) is 4.78. The molecule has 4 nitrogen and oxygen atoms in total. The van der Waals surface area contributed by atoms with Gasteiger partial charge < -0.3 is 10.1 Å². The maximum atomic E-state index is 11.2. The predicted octanol–water partition coefficient (Wildman–Crippen LogP) is 2.73. The monoisotopic (exact) mass is 338 g/mol. The van der Waals surface area contributed by atoms with Crippen molar-refractivity contribution < 1.29 is 9.53 Å². The van der Waals surface area contributed by atoms with Crippen LogP contribution in [0.5, 0.6) is 0 Å². The average Bonchev–Trinajstić information content (AvgIpc) is 2.82. The lowest BCUT2D eigenvalue weighted by Crippen LogP contribution is -2.38. The Balaban J connectivity index is 1.86. The van der Waals surface area contributed by atoms with Crippen LogP contribution >= 0.6 is 15.9 Å². The Morgan fingerprint density at radius 1 is 1.40 bits per heavy atom. The first-order valence-corrected chi connectivity index (χ1v) is 7.86. The Morgan fingerprint density at radius 2 is 2.15 bits per heavy atom. The van der Waals surface area contributed by atoms with Crippen LogP contribution in [0, 0.1) is 0 Å². The number of carbonyl (C=O) groups excluding carboxylic acids is 1. The Labute approximate surface area is 127 Å². The highest BCUT2D eigenvalue weighted by Gasteiger charge is 2.29. The molecular formula is C15H19BrN2O2. The molecule has 1 aromatic rings. The normalized spacial score (nSPS) is 22.6. The van der Waals surface area contributed by atoms with Gasteiger partial charge in [0.2, 0.25) is 5.91 Å². The second-order valence-electron chi connectivity index (χ2n) is 5.41. The van der Waals surface area contributed by atoms with Gasteiger partial charge in [-0.3, -0.25) is 9.69 Å². The molecule has 0 aromatic heterocycles. The van der Waals surface area contributed by atoms with E-state index in [0.29, 0.717) is 6.04 Å². The minimum atomic E-state index is -0.0339. The quantitative estimate of drug-likeness (QED) is 0.901. The van der Waals surface area contributed by atoms with E-state index in [1.165, 1.54) is 18.1 Å². The van der Waals surface area contributed by atoms with E-state index < -0.39 is 0 Å². The van der Waals surface area contributed by atoms with Crippen molar-refractivity contribution in [2.45, 2.75) is 25.8 Å². The average molecular weight is 339 g/mol. The summed E-state index contributed by atoms with van der Waals surface area (Å²) in [7, 11) is 0. The van der Waals surface area contributed by atoms with Crippen molar-refractivity contribution in [2.24, 2.45) is 0 Å². The van der Waals surface area contributed by atoms with Gasteiger partial charge in [-0.05, 0) is 52.0 Å². The first-order valence-electron chi connectivity index (χ1n) is 7.07. The third kappa shape index (κ3) is 2.75. The number of aryl methyl sites for hydroxylation is 1. The molecule has 1 N–H and O–H groups in total. The lowest BCUT2D eigenvalue weighted by molar-refractivity contribution is -0.114. The summed E-state index contributed by atoms with van der Waals surface area (Å²) in [5.74, 6) is -0.0339. The van der Waals surface area contributed by atoms with Crippen molar-refractivity contribution in [1.29, 1.82) is 0 Å². The van der Waals surface area contributed by atoms with Gasteiger partial charge >= 0.3 is 0 Å². The minimum Gasteiger partial charge on any atom is -0.379 e. The van der Waals surface area contributed by atoms with Crippen LogP contribution in [0.2, 0.25) is 0 Å². The molecule has 5 heteroatoms. The fraction of sp³-hybridized carbons (Fsp3) is 0.533. The van der Waals surface area contributed by atoms with Gasteiger partial charge in [-0.25, -0.2) is 0 Å². The van der Waals surface area contributed by atoms with Gasteiger partial charge in [-0.15, -0.1) is 0 Å². The number of carbonyl (C=O) groups is 1. The first kappa shape index (κ1) is 14.0. The number of ether oxygens (including phenoxy) is 1. The second kappa shape index (κ2) is 5.84. The van der Waals surface area contributed by atoms with Crippen LogP contribution < -0.4 is 5.32 Å². The molecule has 1 aliphatic carbocycles. The number of hydrogen-bond donors (Lipinski definition) is 1. The number of nitrogens with zero attached hydrogens (tertiary/aromatic N) is 1. The molecule has 1 atom stereocenters. The SMILES string of the molecule is CC(=O)Nc1cc2c(cc1Br)C(N1CCOCC1)CC2. The Bertz CT molecular complexity index is 527. The van der Waals surface area contributed by atoms with Gasteiger partial charge in [-0.2, -0.15) is 0 Å². The van der Waals surface area contributed by atoms with Crippen molar-refractivity contribution in [1.82, 2.24) is 4.90 Å². The number of morpholine rings is 1. The van der Waals surface area contributed by atoms with Crippen LogP contribution in [0.15, 0.2) is 16.6 Å². The number of anilines is 1. The topological polar surface area (TPSA) is 41.6 Å². The molecule has 1 aliphatic heterocycles. The Hall–Kier alpha value is -0.910. The zero-order valence-electron chi connectivity index (χ0n) is 11.6. The summed E-state index contributed by atoms with van der Waals surface area (Å²) in [4.78, 5) is 13.7. The molecule has 0 saturated carbocycles. The van der Waals surface area contributed by atoms with Gasteiger partial charge in [0.05, 0.1) is 18.9 Å². The van der Waals surface area contributed by atoms with Crippen LogP contribution in [0.1, 0.15) is 30.5 Å². The summed E-state index contributed by atoms with van der Waals surface area (Å²) in [6.07, 6.45) is 2.24. The number of halogens is 1. The molecule has 1 heterocycles. The number of hydrogen-bond acceptors (Lipinski definition) is 3. The molecule has 0 spiro atoms. The van der Waals surface area contributed by atoms with Crippen molar-refractivity contribution in [3.8, 4) is 0 Å². The van der Waals surface area contributed by atoms with E-state index >= 15 is 0 Å². The summed E-state index contributed by atoms with van der Waals surface area (Å²) in [5, 5.41) is 2.88. The standard InChI is InChI=1S/C15H19BrN2O2/c1-10(19)17-14-8-11-2-3-15(12(11)9-13(14)16)18-4-6-20-7-5-18/h8-9,15H,2-7H2,1H3,(H,17,19). The molecule has 20 heavy (non-hydrogen) atoms. The van der Waals surface area contributed by atoms with E-state index in [0.717, 1.165) is 49.3 Å². The zero-order chi connectivity index (χ0) is 14.1. The van der Waals surface area contributed by atoms with Crippen LogP contribution in [0.25, 0.3) is 0 Å². The van der Waals surface area contributed by atoms with Crippen molar-refractivity contribution in [2.75, 3.05) is 31.6 Å². The van der Waals surface area contributed by atoms with Gasteiger partial charge in [-0.1, -0.05) is 0 Å². The van der Waals surface area contributed by atoms with E-state index in [1.807, 2.05) is 0 Å². The van der Waals surface area contributed by atoms with Gasteiger partial charge in [0.25, 0.3) is 0 Å². The summed E-state index contributed by atoms with van der Waals surface area (Å²) in [5.41, 5.74) is 3.63. The molecule has 0 radical (unpaired) electrons. The second-order valence-corrected chi connectivity index (χ2v) is 6.27. The molecule has 1 saturated heterocycles. The number of rotatable bonds is 2. The maximum Gasteiger partial charge on any atom is 0.221 e. The molecule has 3 rings (SSSR count). The number of amides is 1. The molecule has 2 aliphatic rings. The molecular weight excluding hydrogens is 320 g/mol. The molecule has 108 valence electrons. The lowest BCUT2D eigenvalue weighted by atomic mass is 10.1. The van der Waals surface area contributed by atoms with Gasteiger partial charge in [0.15, 0.2) is 0 Å². The smallest absolute Gasteiger partial charge is 0.221 e. The fourth-order valence-corrected chi connectivity index (χ4v) is 3.62. The molecule has 0 bridgehead atoms. The molecule has 1 amide bonds. The van der Waals surface area contributed by atoms with Crippen LogP contribution in [0.4, 0.5) is 5.69 Å². The van der Waals surface area contributed by atoms with Crippen LogP contribution in [-0.4, -0.2) is 37.1 Å². The summed E-state index contributed by atoms with van der Waals surface area (Å²) < 4.78 is 6.40. The van der Waals surface area contributed by atoms with Crippen molar-refractivity contribution >= 4 is 27.5 Å². The van der Waals surface area contributed by atoms with Crippen molar-refractivity contribution in [3.63, 3.8) is 0 Å². The number of benzene rings is 1. The Kier molecular flexibility index (Phi) is 4.10. The third-order valence-corrected chi connectivity index (χ3v) is 4.73. The molecule has 1 fully saturated rings. The highest BCUT2D eigenvalue weighted by Crippen LogP contribution is 2.40. The van der Waals surface area contributed by atoms with E-state index in [2.05, 4.69) is 38.3 Å². The third-order valence-electron chi connectivity index (χ3n) is 4.07. The minimum absolute atomic E-state index is 0.0339. The fourth-order valence-electron chi connectivity index (χ4n) is 3.16. The van der Waals surface area contributed by atoms with Gasteiger partial charge in [0, 0.05) is 30.5 Å². The van der Waals surface area contributed by atoms with Crippen LogP contribution in [0.3, 0.4) is 0 Å². The van der Waals surface area contributed by atoms with Crippen molar-refractivity contribution in [3.05, 3.63) is 27.7 Å². The van der Waals surface area contributed by atoms with E-state index in [9.17, 15) is 4.79 Å². The molecule has 1 aromatic carbocycles. The lowest BCUT2D eigenvalue weighted by Gasteiger charge is -2.32. The first-order chi connectivity index (χ1) is 9.65. The number of nitrogens with one attached hydrogen (secondary N) is 1. The summed E-state index contributed by atoms with van der Waals surface area (Å²) in [6.45, 7) is 5.22. The zero-order valence-corrected chi connectivity index (χ0v) is 13.2. The Morgan fingerprint density at radius 3 is 2.85 bits per heavy atom. The maximum absolute atomic E-state index is 11.2. The predicted molar refractivity (Wildman–Crippen MR) is 81.9 cm³/mol.